The maximum absolute atomic E-state index is 11.7. The van der Waals surface area contributed by atoms with Crippen molar-refractivity contribution < 1.29 is 19.4 Å². The van der Waals surface area contributed by atoms with Crippen molar-refractivity contribution in [1.82, 2.24) is 5.32 Å². The van der Waals surface area contributed by atoms with Gasteiger partial charge in [-0.3, -0.25) is 9.59 Å². The molecule has 122 valence electrons. The molecule has 0 fully saturated rings. The van der Waals surface area contributed by atoms with Crippen LogP contribution in [0.1, 0.15) is 32.3 Å². The van der Waals surface area contributed by atoms with E-state index in [9.17, 15) is 9.59 Å². The zero-order valence-corrected chi connectivity index (χ0v) is 13.2. The molecule has 0 bridgehead atoms. The molecule has 0 aliphatic carbocycles. The van der Waals surface area contributed by atoms with Gasteiger partial charge in [0.05, 0.1) is 19.1 Å². The van der Waals surface area contributed by atoms with Crippen LogP contribution in [0.25, 0.3) is 0 Å². The third-order valence-electron chi connectivity index (χ3n) is 3.24. The maximum Gasteiger partial charge on any atom is 0.308 e. The van der Waals surface area contributed by atoms with Gasteiger partial charge in [-0.15, -0.1) is 0 Å². The SMILES string of the molecule is CC(C)CC(CNC(=O)CCOCc1ccccc1)C(=O)O. The van der Waals surface area contributed by atoms with Crippen molar-refractivity contribution in [2.75, 3.05) is 13.2 Å². The first-order chi connectivity index (χ1) is 10.5. The van der Waals surface area contributed by atoms with E-state index in [4.69, 9.17) is 9.84 Å². The number of amides is 1. The zero-order chi connectivity index (χ0) is 16.4. The first-order valence-electron chi connectivity index (χ1n) is 7.60. The van der Waals surface area contributed by atoms with Crippen LogP contribution in [-0.4, -0.2) is 30.1 Å². The number of carboxylic acids is 1. The van der Waals surface area contributed by atoms with Gasteiger partial charge < -0.3 is 15.2 Å². The highest BCUT2D eigenvalue weighted by atomic mass is 16.5. The molecule has 0 aromatic heterocycles. The van der Waals surface area contributed by atoms with E-state index in [0.717, 1.165) is 5.56 Å². The first-order valence-corrected chi connectivity index (χ1v) is 7.60. The van der Waals surface area contributed by atoms with Crippen LogP contribution in [0.4, 0.5) is 0 Å². The molecule has 1 rings (SSSR count). The Morgan fingerprint density at radius 3 is 2.50 bits per heavy atom. The Bertz CT molecular complexity index is 459. The molecule has 0 saturated carbocycles. The molecule has 0 spiro atoms. The fraction of sp³-hybridized carbons (Fsp3) is 0.529. The molecule has 0 aliphatic rings. The number of aliphatic carboxylic acids is 1. The third kappa shape index (κ3) is 7.78. The Hall–Kier alpha value is -1.88. The number of rotatable bonds is 10. The number of hydrogen-bond acceptors (Lipinski definition) is 3. The van der Waals surface area contributed by atoms with Crippen LogP contribution in [0.5, 0.6) is 0 Å². The number of carbonyl (C=O) groups excluding carboxylic acids is 1. The molecule has 0 aliphatic heterocycles. The topological polar surface area (TPSA) is 75.6 Å². The summed E-state index contributed by atoms with van der Waals surface area (Å²) >= 11 is 0. The van der Waals surface area contributed by atoms with E-state index in [1.807, 2.05) is 44.2 Å². The summed E-state index contributed by atoms with van der Waals surface area (Å²) in [6, 6.07) is 9.73. The number of carboxylic acid groups (broad SMARTS) is 1. The summed E-state index contributed by atoms with van der Waals surface area (Å²) in [7, 11) is 0. The van der Waals surface area contributed by atoms with E-state index in [1.54, 1.807) is 0 Å². The Morgan fingerprint density at radius 2 is 1.91 bits per heavy atom. The molecule has 0 heterocycles. The highest BCUT2D eigenvalue weighted by Crippen LogP contribution is 2.11. The fourth-order valence-electron chi connectivity index (χ4n) is 2.10. The lowest BCUT2D eigenvalue weighted by Crippen LogP contribution is -2.34. The van der Waals surface area contributed by atoms with E-state index in [2.05, 4.69) is 5.32 Å². The van der Waals surface area contributed by atoms with Gasteiger partial charge in [-0.25, -0.2) is 0 Å². The number of hydrogen-bond donors (Lipinski definition) is 2. The highest BCUT2D eigenvalue weighted by molar-refractivity contribution is 5.77. The van der Waals surface area contributed by atoms with E-state index in [-0.39, 0.29) is 24.8 Å². The summed E-state index contributed by atoms with van der Waals surface area (Å²) in [5.41, 5.74) is 1.06. The Morgan fingerprint density at radius 1 is 1.23 bits per heavy atom. The van der Waals surface area contributed by atoms with Gasteiger partial charge in [0.15, 0.2) is 0 Å². The number of ether oxygens (including phenoxy) is 1. The lowest BCUT2D eigenvalue weighted by Gasteiger charge is -2.15. The van der Waals surface area contributed by atoms with Gasteiger partial charge in [0.2, 0.25) is 5.91 Å². The van der Waals surface area contributed by atoms with Crippen LogP contribution in [-0.2, 0) is 20.9 Å². The van der Waals surface area contributed by atoms with Crippen molar-refractivity contribution in [1.29, 1.82) is 0 Å². The first kappa shape index (κ1) is 18.2. The van der Waals surface area contributed by atoms with Crippen LogP contribution >= 0.6 is 0 Å². The Balaban J connectivity index is 2.18. The van der Waals surface area contributed by atoms with Gasteiger partial charge in [0, 0.05) is 13.0 Å². The minimum Gasteiger partial charge on any atom is -0.481 e. The van der Waals surface area contributed by atoms with Gasteiger partial charge in [0.1, 0.15) is 0 Å². The Labute approximate surface area is 131 Å². The molecule has 5 heteroatoms. The molecule has 22 heavy (non-hydrogen) atoms. The van der Waals surface area contributed by atoms with Gasteiger partial charge in [-0.05, 0) is 17.9 Å². The third-order valence-corrected chi connectivity index (χ3v) is 3.24. The lowest BCUT2D eigenvalue weighted by atomic mass is 9.97. The molecule has 5 nitrogen and oxygen atoms in total. The van der Waals surface area contributed by atoms with E-state index in [0.29, 0.717) is 19.6 Å². The van der Waals surface area contributed by atoms with Gasteiger partial charge in [-0.2, -0.15) is 0 Å². The molecule has 1 amide bonds. The lowest BCUT2D eigenvalue weighted by molar-refractivity contribution is -0.142. The molecule has 1 unspecified atom stereocenters. The van der Waals surface area contributed by atoms with Crippen molar-refractivity contribution in [2.24, 2.45) is 11.8 Å². The Kier molecular flexibility index (Phi) is 8.22. The average Bonchev–Trinajstić information content (AvgIpc) is 2.48. The van der Waals surface area contributed by atoms with E-state index < -0.39 is 11.9 Å². The predicted octanol–water partition coefficient (Wildman–Crippen LogP) is 2.46. The van der Waals surface area contributed by atoms with E-state index in [1.165, 1.54) is 0 Å². The number of benzene rings is 1. The quantitative estimate of drug-likeness (QED) is 0.651. The van der Waals surface area contributed by atoms with E-state index >= 15 is 0 Å². The average molecular weight is 307 g/mol. The normalized spacial score (nSPS) is 12.1. The van der Waals surface area contributed by atoms with Crippen molar-refractivity contribution >= 4 is 11.9 Å². The largest absolute Gasteiger partial charge is 0.481 e. The fourth-order valence-corrected chi connectivity index (χ4v) is 2.10. The molecular formula is C17H25NO4. The number of carbonyl (C=O) groups is 2. The second kappa shape index (κ2) is 9.95. The summed E-state index contributed by atoms with van der Waals surface area (Å²) < 4.78 is 5.43. The number of nitrogens with one attached hydrogen (secondary N) is 1. The standard InChI is InChI=1S/C17H25NO4/c1-13(2)10-15(17(20)21)11-18-16(19)8-9-22-12-14-6-4-3-5-7-14/h3-7,13,15H,8-12H2,1-2H3,(H,18,19)(H,20,21). The van der Waals surface area contributed by atoms with Crippen LogP contribution in [0, 0.1) is 11.8 Å². The molecule has 2 N–H and O–H groups in total. The summed E-state index contributed by atoms with van der Waals surface area (Å²) in [5, 5.41) is 11.8. The molecule has 1 aromatic carbocycles. The van der Waals surface area contributed by atoms with Crippen LogP contribution in [0.3, 0.4) is 0 Å². The molecule has 0 saturated heterocycles. The van der Waals surface area contributed by atoms with Crippen molar-refractivity contribution in [3.05, 3.63) is 35.9 Å². The summed E-state index contributed by atoms with van der Waals surface area (Å²) in [6.45, 7) is 4.90. The van der Waals surface area contributed by atoms with Crippen LogP contribution in [0.15, 0.2) is 30.3 Å². The molecule has 1 aromatic rings. The predicted molar refractivity (Wildman–Crippen MR) is 84.3 cm³/mol. The van der Waals surface area contributed by atoms with Crippen molar-refractivity contribution in [3.8, 4) is 0 Å². The molecular weight excluding hydrogens is 282 g/mol. The minimum absolute atomic E-state index is 0.172. The molecule has 1 atom stereocenters. The van der Waals surface area contributed by atoms with Crippen LogP contribution < -0.4 is 5.32 Å². The summed E-state index contributed by atoms with van der Waals surface area (Å²) in [6.07, 6.45) is 0.793. The smallest absolute Gasteiger partial charge is 0.308 e. The molecule has 0 radical (unpaired) electrons. The van der Waals surface area contributed by atoms with Gasteiger partial charge in [0.25, 0.3) is 0 Å². The van der Waals surface area contributed by atoms with Gasteiger partial charge >= 0.3 is 5.97 Å². The zero-order valence-electron chi connectivity index (χ0n) is 13.2. The van der Waals surface area contributed by atoms with Crippen molar-refractivity contribution in [2.45, 2.75) is 33.3 Å². The minimum atomic E-state index is -0.866. The summed E-state index contributed by atoms with van der Waals surface area (Å²) in [4.78, 5) is 22.8. The maximum atomic E-state index is 11.7. The van der Waals surface area contributed by atoms with Crippen molar-refractivity contribution in [3.63, 3.8) is 0 Å². The highest BCUT2D eigenvalue weighted by Gasteiger charge is 2.19. The van der Waals surface area contributed by atoms with Gasteiger partial charge in [-0.1, -0.05) is 44.2 Å². The van der Waals surface area contributed by atoms with Crippen LogP contribution in [0.2, 0.25) is 0 Å². The second-order valence-corrected chi connectivity index (χ2v) is 5.76. The second-order valence-electron chi connectivity index (χ2n) is 5.76. The monoisotopic (exact) mass is 307 g/mol. The summed E-state index contributed by atoms with van der Waals surface area (Å²) in [5.74, 6) is -1.29.